The summed E-state index contributed by atoms with van der Waals surface area (Å²) in [4.78, 5) is 14.4. The molecule has 0 aliphatic carbocycles. The molecule has 0 heterocycles. The first-order valence-corrected chi connectivity index (χ1v) is 7.13. The Morgan fingerprint density at radius 2 is 2.19 bits per heavy atom. The van der Waals surface area contributed by atoms with Crippen molar-refractivity contribution in [3.8, 4) is 6.07 Å². The van der Waals surface area contributed by atoms with Crippen LogP contribution in [0.1, 0.15) is 29.3 Å². The van der Waals surface area contributed by atoms with E-state index in [1.165, 1.54) is 0 Å². The highest BCUT2D eigenvalue weighted by Gasteiger charge is 2.18. The summed E-state index contributed by atoms with van der Waals surface area (Å²) in [5, 5.41) is 12.0. The number of nitrogens with zero attached hydrogens (tertiary/aromatic N) is 2. The van der Waals surface area contributed by atoms with Crippen LogP contribution in [0.3, 0.4) is 0 Å². The molecule has 0 radical (unpaired) electrons. The second-order valence-electron chi connectivity index (χ2n) is 4.77. The van der Waals surface area contributed by atoms with Gasteiger partial charge < -0.3 is 15.0 Å². The molecule has 0 saturated carbocycles. The van der Waals surface area contributed by atoms with Crippen LogP contribution in [0.15, 0.2) is 18.2 Å². The van der Waals surface area contributed by atoms with Gasteiger partial charge in [-0.1, -0.05) is 11.6 Å². The zero-order valence-electron chi connectivity index (χ0n) is 13.0. The molecule has 1 N–H and O–H groups in total. The van der Waals surface area contributed by atoms with Crippen molar-refractivity contribution in [3.05, 3.63) is 29.3 Å². The second-order valence-corrected chi connectivity index (χ2v) is 4.77. The van der Waals surface area contributed by atoms with Gasteiger partial charge in [0.05, 0.1) is 24.7 Å². The monoisotopic (exact) mass is 289 g/mol. The molecule has 0 saturated heterocycles. The van der Waals surface area contributed by atoms with Gasteiger partial charge in [0.2, 0.25) is 0 Å². The lowest BCUT2D eigenvalue weighted by atomic mass is 10.1. The summed E-state index contributed by atoms with van der Waals surface area (Å²) < 4.78 is 5.05. The minimum atomic E-state index is -0.0676. The molecule has 1 aromatic rings. The van der Waals surface area contributed by atoms with Crippen LogP contribution in [0.4, 0.5) is 5.69 Å². The Kier molecular flexibility index (Phi) is 7.27. The van der Waals surface area contributed by atoms with Crippen molar-refractivity contribution in [2.45, 2.75) is 20.3 Å². The molecule has 5 heteroatoms. The maximum atomic E-state index is 12.7. The van der Waals surface area contributed by atoms with Gasteiger partial charge in [0.15, 0.2) is 0 Å². The number of methoxy groups -OCH3 is 1. The number of hydrogen-bond donors (Lipinski definition) is 1. The number of aryl methyl sites for hydroxylation is 1. The number of hydrogen-bond acceptors (Lipinski definition) is 4. The summed E-state index contributed by atoms with van der Waals surface area (Å²) in [6.45, 7) is 6.06. The molecule has 1 rings (SSSR count). The SMILES string of the molecule is CCNc1ccc(C)cc1C(=O)N(CCC#N)CCOC. The Bertz CT molecular complexity index is 509. The maximum absolute atomic E-state index is 12.7. The van der Waals surface area contributed by atoms with Gasteiger partial charge >= 0.3 is 0 Å². The minimum absolute atomic E-state index is 0.0676. The van der Waals surface area contributed by atoms with Crippen LogP contribution in [-0.2, 0) is 4.74 Å². The third-order valence-electron chi connectivity index (χ3n) is 3.12. The van der Waals surface area contributed by atoms with E-state index in [2.05, 4.69) is 11.4 Å². The molecule has 0 atom stereocenters. The molecule has 114 valence electrons. The Balaban J connectivity index is 3.00. The van der Waals surface area contributed by atoms with Gasteiger partial charge in [-0.15, -0.1) is 0 Å². The third-order valence-corrected chi connectivity index (χ3v) is 3.12. The molecule has 1 amide bonds. The van der Waals surface area contributed by atoms with Gasteiger partial charge in [0.25, 0.3) is 5.91 Å². The van der Waals surface area contributed by atoms with E-state index in [0.717, 1.165) is 17.8 Å². The lowest BCUT2D eigenvalue weighted by Gasteiger charge is -2.23. The van der Waals surface area contributed by atoms with Gasteiger partial charge in [-0.05, 0) is 26.0 Å². The summed E-state index contributed by atoms with van der Waals surface area (Å²) in [6.07, 6.45) is 0.317. The number of nitrogens with one attached hydrogen (secondary N) is 1. The molecule has 1 aromatic carbocycles. The predicted molar refractivity (Wildman–Crippen MR) is 83.4 cm³/mol. The molecule has 0 unspecified atom stereocenters. The Morgan fingerprint density at radius 3 is 2.81 bits per heavy atom. The van der Waals surface area contributed by atoms with Crippen molar-refractivity contribution >= 4 is 11.6 Å². The van der Waals surface area contributed by atoms with Gasteiger partial charge in [-0.2, -0.15) is 5.26 Å². The van der Waals surface area contributed by atoms with E-state index in [1.807, 2.05) is 32.0 Å². The number of anilines is 1. The van der Waals surface area contributed by atoms with Crippen LogP contribution in [0.2, 0.25) is 0 Å². The Morgan fingerprint density at radius 1 is 1.43 bits per heavy atom. The van der Waals surface area contributed by atoms with Crippen LogP contribution in [0, 0.1) is 18.3 Å². The lowest BCUT2D eigenvalue weighted by Crippen LogP contribution is -2.35. The largest absolute Gasteiger partial charge is 0.385 e. The van der Waals surface area contributed by atoms with E-state index in [9.17, 15) is 4.79 Å². The van der Waals surface area contributed by atoms with E-state index in [1.54, 1.807) is 12.0 Å². The smallest absolute Gasteiger partial charge is 0.256 e. The third kappa shape index (κ3) is 5.09. The van der Waals surface area contributed by atoms with Gasteiger partial charge in [-0.3, -0.25) is 4.79 Å². The van der Waals surface area contributed by atoms with Crippen LogP contribution in [0.5, 0.6) is 0 Å². The summed E-state index contributed by atoms with van der Waals surface area (Å²) in [5.41, 5.74) is 2.50. The fourth-order valence-electron chi connectivity index (χ4n) is 2.05. The first kappa shape index (κ1) is 17.0. The number of benzene rings is 1. The number of carbonyl (C=O) groups is 1. The minimum Gasteiger partial charge on any atom is -0.385 e. The van der Waals surface area contributed by atoms with Gasteiger partial charge in [0, 0.05) is 32.4 Å². The van der Waals surface area contributed by atoms with E-state index in [0.29, 0.717) is 31.7 Å². The molecular formula is C16H23N3O2. The number of carbonyl (C=O) groups excluding carboxylic acids is 1. The summed E-state index contributed by atoms with van der Waals surface area (Å²) in [5.74, 6) is -0.0676. The van der Waals surface area contributed by atoms with E-state index in [-0.39, 0.29) is 5.91 Å². The molecular weight excluding hydrogens is 266 g/mol. The molecule has 0 aliphatic rings. The Labute approximate surface area is 126 Å². The van der Waals surface area contributed by atoms with Crippen LogP contribution in [0.25, 0.3) is 0 Å². The van der Waals surface area contributed by atoms with Crippen molar-refractivity contribution in [1.29, 1.82) is 5.26 Å². The summed E-state index contributed by atoms with van der Waals surface area (Å²) >= 11 is 0. The van der Waals surface area contributed by atoms with E-state index in [4.69, 9.17) is 10.00 Å². The molecule has 0 aliphatic heterocycles. The van der Waals surface area contributed by atoms with E-state index < -0.39 is 0 Å². The summed E-state index contributed by atoms with van der Waals surface area (Å²) in [6, 6.07) is 7.86. The number of nitriles is 1. The fourth-order valence-corrected chi connectivity index (χ4v) is 2.05. The highest BCUT2D eigenvalue weighted by atomic mass is 16.5. The van der Waals surface area contributed by atoms with E-state index >= 15 is 0 Å². The Hall–Kier alpha value is -2.06. The molecule has 0 aromatic heterocycles. The van der Waals surface area contributed by atoms with Crippen molar-refractivity contribution in [1.82, 2.24) is 4.90 Å². The second kappa shape index (κ2) is 8.98. The van der Waals surface area contributed by atoms with Crippen LogP contribution < -0.4 is 5.32 Å². The standard InChI is InChI=1S/C16H23N3O2/c1-4-18-15-7-6-13(2)12-14(15)16(20)19(9-5-8-17)10-11-21-3/h6-7,12,18H,4-5,9-11H2,1-3H3. The normalized spacial score (nSPS) is 10.0. The quantitative estimate of drug-likeness (QED) is 0.798. The average molecular weight is 289 g/mol. The van der Waals surface area contributed by atoms with Crippen LogP contribution >= 0.6 is 0 Å². The predicted octanol–water partition coefficient (Wildman–Crippen LogP) is 2.43. The van der Waals surface area contributed by atoms with Crippen LogP contribution in [-0.4, -0.2) is 44.2 Å². The molecule has 5 nitrogen and oxygen atoms in total. The highest BCUT2D eigenvalue weighted by molar-refractivity contribution is 5.99. The maximum Gasteiger partial charge on any atom is 0.256 e. The fraction of sp³-hybridized carbons (Fsp3) is 0.500. The zero-order chi connectivity index (χ0) is 15.7. The highest BCUT2D eigenvalue weighted by Crippen LogP contribution is 2.19. The number of ether oxygens (including phenoxy) is 1. The lowest BCUT2D eigenvalue weighted by molar-refractivity contribution is 0.0700. The van der Waals surface area contributed by atoms with Gasteiger partial charge in [-0.25, -0.2) is 0 Å². The number of amides is 1. The first-order chi connectivity index (χ1) is 10.1. The average Bonchev–Trinajstić information content (AvgIpc) is 2.49. The van der Waals surface area contributed by atoms with Crippen molar-refractivity contribution in [2.75, 3.05) is 38.7 Å². The number of rotatable bonds is 8. The summed E-state index contributed by atoms with van der Waals surface area (Å²) in [7, 11) is 1.60. The van der Waals surface area contributed by atoms with Crippen molar-refractivity contribution in [3.63, 3.8) is 0 Å². The molecule has 0 spiro atoms. The molecule has 0 bridgehead atoms. The first-order valence-electron chi connectivity index (χ1n) is 7.13. The van der Waals surface area contributed by atoms with Crippen molar-refractivity contribution < 1.29 is 9.53 Å². The van der Waals surface area contributed by atoms with Gasteiger partial charge in [0.1, 0.15) is 0 Å². The zero-order valence-corrected chi connectivity index (χ0v) is 13.0. The topological polar surface area (TPSA) is 65.4 Å². The molecule has 0 fully saturated rings. The molecule has 21 heavy (non-hydrogen) atoms. The van der Waals surface area contributed by atoms with Crippen molar-refractivity contribution in [2.24, 2.45) is 0 Å².